The number of para-hydroxylation sites is 1. The number of nitrogens with one attached hydrogen (secondary N) is 2. The average Bonchev–Trinajstić information content (AvgIpc) is 2.41. The van der Waals surface area contributed by atoms with Gasteiger partial charge in [0.15, 0.2) is 11.6 Å². The van der Waals surface area contributed by atoms with Crippen LogP contribution in [0.25, 0.3) is 0 Å². The van der Waals surface area contributed by atoms with E-state index in [0.717, 1.165) is 6.42 Å². The molecule has 1 unspecified atom stereocenters. The molecule has 0 spiro atoms. The summed E-state index contributed by atoms with van der Waals surface area (Å²) in [7, 11) is 0. The lowest BCUT2D eigenvalue weighted by Crippen LogP contribution is -2.42. The number of amides is 1. The minimum atomic E-state index is -0.640. The van der Waals surface area contributed by atoms with Gasteiger partial charge < -0.3 is 20.5 Å². The van der Waals surface area contributed by atoms with Gasteiger partial charge >= 0.3 is 6.09 Å². The number of phenols is 1. The normalized spacial score (nSPS) is 12.8. The summed E-state index contributed by atoms with van der Waals surface area (Å²) in [5, 5.41) is 15.5. The highest BCUT2D eigenvalue weighted by Gasteiger charge is 2.17. The third-order valence-corrected chi connectivity index (χ3v) is 3.04. The summed E-state index contributed by atoms with van der Waals surface area (Å²) >= 11 is 0. The minimum Gasteiger partial charge on any atom is -0.505 e. The van der Waals surface area contributed by atoms with Crippen molar-refractivity contribution in [3.8, 4) is 5.75 Å². The van der Waals surface area contributed by atoms with Gasteiger partial charge in [0.1, 0.15) is 5.60 Å². The number of hydrogen-bond donors (Lipinski definition) is 3. The first kappa shape index (κ1) is 18.2. The average molecular weight is 312 g/mol. The molecule has 0 radical (unpaired) electrons. The van der Waals surface area contributed by atoms with Gasteiger partial charge in [-0.05, 0) is 33.3 Å². The van der Waals surface area contributed by atoms with Gasteiger partial charge in [-0.1, -0.05) is 19.1 Å². The Labute approximate surface area is 130 Å². The largest absolute Gasteiger partial charge is 0.505 e. The first-order valence-corrected chi connectivity index (χ1v) is 7.39. The maximum Gasteiger partial charge on any atom is 0.407 e. The fourth-order valence-electron chi connectivity index (χ4n) is 1.84. The molecule has 0 aliphatic heterocycles. The molecule has 0 saturated heterocycles. The number of alkyl carbamates (subject to hydrolysis) is 1. The van der Waals surface area contributed by atoms with E-state index >= 15 is 0 Å². The first-order chi connectivity index (χ1) is 10.2. The topological polar surface area (TPSA) is 70.6 Å². The van der Waals surface area contributed by atoms with Crippen LogP contribution in [-0.2, 0) is 11.3 Å². The van der Waals surface area contributed by atoms with E-state index in [2.05, 4.69) is 10.6 Å². The second-order valence-electron chi connectivity index (χ2n) is 6.12. The van der Waals surface area contributed by atoms with Crippen molar-refractivity contribution in [1.82, 2.24) is 10.6 Å². The summed E-state index contributed by atoms with van der Waals surface area (Å²) in [4.78, 5) is 11.6. The van der Waals surface area contributed by atoms with Gasteiger partial charge in [0, 0.05) is 24.7 Å². The fraction of sp³-hybridized carbons (Fsp3) is 0.562. The van der Waals surface area contributed by atoms with Gasteiger partial charge in [-0.2, -0.15) is 0 Å². The van der Waals surface area contributed by atoms with E-state index in [4.69, 9.17) is 4.74 Å². The van der Waals surface area contributed by atoms with Gasteiger partial charge in [0.25, 0.3) is 0 Å². The zero-order valence-electron chi connectivity index (χ0n) is 13.6. The summed E-state index contributed by atoms with van der Waals surface area (Å²) in [6.07, 6.45) is 0.299. The zero-order valence-corrected chi connectivity index (χ0v) is 13.6. The smallest absolute Gasteiger partial charge is 0.407 e. The Morgan fingerprint density at radius 3 is 2.68 bits per heavy atom. The molecule has 1 aromatic carbocycles. The number of ether oxygens (including phenoxy) is 1. The highest BCUT2D eigenvalue weighted by atomic mass is 19.1. The zero-order chi connectivity index (χ0) is 16.8. The highest BCUT2D eigenvalue weighted by molar-refractivity contribution is 5.67. The molecule has 22 heavy (non-hydrogen) atoms. The molecule has 0 bridgehead atoms. The summed E-state index contributed by atoms with van der Waals surface area (Å²) in [5.41, 5.74) is -0.0530. The van der Waals surface area contributed by atoms with E-state index in [0.29, 0.717) is 18.7 Å². The van der Waals surface area contributed by atoms with Crippen molar-refractivity contribution in [2.75, 3.05) is 6.54 Å². The number of aromatic hydroxyl groups is 1. The molecule has 1 atom stereocenters. The van der Waals surface area contributed by atoms with Crippen LogP contribution in [0.2, 0.25) is 0 Å². The van der Waals surface area contributed by atoms with Crippen LogP contribution < -0.4 is 10.6 Å². The van der Waals surface area contributed by atoms with Crippen molar-refractivity contribution in [1.29, 1.82) is 0 Å². The van der Waals surface area contributed by atoms with Gasteiger partial charge in [-0.25, -0.2) is 9.18 Å². The predicted molar refractivity (Wildman–Crippen MR) is 83.2 cm³/mol. The summed E-state index contributed by atoms with van der Waals surface area (Å²) in [6.45, 7) is 8.08. The van der Waals surface area contributed by atoms with Crippen LogP contribution in [-0.4, -0.2) is 29.4 Å². The molecule has 6 heteroatoms. The predicted octanol–water partition coefficient (Wildman–Crippen LogP) is 2.92. The molecule has 1 aromatic rings. The highest BCUT2D eigenvalue weighted by Crippen LogP contribution is 2.20. The number of benzene rings is 1. The molecule has 0 saturated carbocycles. The lowest BCUT2D eigenvalue weighted by molar-refractivity contribution is 0.0522. The van der Waals surface area contributed by atoms with E-state index in [1.54, 1.807) is 32.9 Å². The maximum atomic E-state index is 13.2. The molecular formula is C16H25FN2O3. The van der Waals surface area contributed by atoms with Crippen LogP contribution in [0, 0.1) is 5.82 Å². The van der Waals surface area contributed by atoms with Crippen molar-refractivity contribution in [2.45, 2.75) is 52.3 Å². The SMILES string of the molecule is CCC(CNC(=O)OC(C)(C)C)NCc1cccc(F)c1O. The number of hydrogen-bond acceptors (Lipinski definition) is 4. The molecule has 0 aliphatic rings. The molecule has 0 heterocycles. The van der Waals surface area contributed by atoms with Crippen molar-refractivity contribution < 1.29 is 19.0 Å². The Bertz CT molecular complexity index is 501. The number of phenolic OH excluding ortho intramolecular Hbond substituents is 1. The van der Waals surface area contributed by atoms with Crippen LogP contribution in [0.15, 0.2) is 18.2 Å². The number of carbonyl (C=O) groups excluding carboxylic acids is 1. The van der Waals surface area contributed by atoms with Gasteiger partial charge in [0.05, 0.1) is 0 Å². The van der Waals surface area contributed by atoms with Crippen LogP contribution >= 0.6 is 0 Å². The van der Waals surface area contributed by atoms with Crippen LogP contribution in [0.4, 0.5) is 9.18 Å². The molecule has 3 N–H and O–H groups in total. The number of carbonyl (C=O) groups is 1. The monoisotopic (exact) mass is 312 g/mol. The van der Waals surface area contributed by atoms with Crippen molar-refractivity contribution in [3.63, 3.8) is 0 Å². The standard InChI is InChI=1S/C16H25FN2O3/c1-5-12(10-19-15(21)22-16(2,3)4)18-9-11-7-6-8-13(17)14(11)20/h6-8,12,18,20H,5,9-10H2,1-4H3,(H,19,21). The van der Waals surface area contributed by atoms with Crippen molar-refractivity contribution in [3.05, 3.63) is 29.6 Å². The first-order valence-electron chi connectivity index (χ1n) is 7.39. The Morgan fingerprint density at radius 2 is 2.09 bits per heavy atom. The quantitative estimate of drug-likeness (QED) is 0.755. The lowest BCUT2D eigenvalue weighted by Gasteiger charge is -2.22. The van der Waals surface area contributed by atoms with E-state index in [1.165, 1.54) is 6.07 Å². The van der Waals surface area contributed by atoms with E-state index in [-0.39, 0.29) is 11.8 Å². The molecule has 5 nitrogen and oxygen atoms in total. The molecule has 0 fully saturated rings. The van der Waals surface area contributed by atoms with Gasteiger partial charge in [0.2, 0.25) is 0 Å². The Morgan fingerprint density at radius 1 is 1.41 bits per heavy atom. The van der Waals surface area contributed by atoms with Crippen LogP contribution in [0.3, 0.4) is 0 Å². The Kier molecular flexibility index (Phi) is 6.61. The second kappa shape index (κ2) is 7.98. The second-order valence-corrected chi connectivity index (χ2v) is 6.12. The third-order valence-electron chi connectivity index (χ3n) is 3.04. The lowest BCUT2D eigenvalue weighted by atomic mass is 10.1. The van der Waals surface area contributed by atoms with E-state index < -0.39 is 17.5 Å². The summed E-state index contributed by atoms with van der Waals surface area (Å²) < 4.78 is 18.4. The minimum absolute atomic E-state index is 0.00446. The summed E-state index contributed by atoms with van der Waals surface area (Å²) in [6, 6.07) is 4.40. The molecule has 1 rings (SSSR count). The third kappa shape index (κ3) is 6.30. The van der Waals surface area contributed by atoms with Gasteiger partial charge in [-0.3, -0.25) is 0 Å². The summed E-state index contributed by atoms with van der Waals surface area (Å²) in [5.74, 6) is -0.982. The maximum absolute atomic E-state index is 13.2. The fourth-order valence-corrected chi connectivity index (χ4v) is 1.84. The molecular weight excluding hydrogens is 287 g/mol. The van der Waals surface area contributed by atoms with E-state index in [1.807, 2.05) is 6.92 Å². The molecule has 0 aliphatic carbocycles. The Balaban J connectivity index is 2.45. The number of halogens is 1. The van der Waals surface area contributed by atoms with Gasteiger partial charge in [-0.15, -0.1) is 0 Å². The van der Waals surface area contributed by atoms with Crippen LogP contribution in [0.1, 0.15) is 39.7 Å². The van der Waals surface area contributed by atoms with Crippen molar-refractivity contribution in [2.24, 2.45) is 0 Å². The molecule has 0 aromatic heterocycles. The number of rotatable bonds is 6. The van der Waals surface area contributed by atoms with Crippen molar-refractivity contribution >= 4 is 6.09 Å². The Hall–Kier alpha value is -1.82. The molecule has 1 amide bonds. The van der Waals surface area contributed by atoms with Crippen LogP contribution in [0.5, 0.6) is 5.75 Å². The molecule has 124 valence electrons. The van der Waals surface area contributed by atoms with E-state index in [9.17, 15) is 14.3 Å².